The minimum absolute atomic E-state index is 0.304. The standard InChI is InChI=1S/C36H35NO4/c1-26(2)35(38)40-24-22-28-10-16-32(17-11-28)37(34-20-14-31(15-21-34)30-8-6-5-7-9-30)33-18-12-29(13-19-33)23-25-41-36(39)27(3)4/h5-21H,1,3,22-25H2,2,4H3. The van der Waals surface area contributed by atoms with Gasteiger partial charge in [-0.1, -0.05) is 79.9 Å². The van der Waals surface area contributed by atoms with Crippen LogP contribution >= 0.6 is 0 Å². The van der Waals surface area contributed by atoms with Gasteiger partial charge in [0.25, 0.3) is 0 Å². The van der Waals surface area contributed by atoms with Crippen LogP contribution in [0.25, 0.3) is 11.1 Å². The zero-order chi connectivity index (χ0) is 29.2. The van der Waals surface area contributed by atoms with Gasteiger partial charge in [0.2, 0.25) is 0 Å². The third kappa shape index (κ3) is 8.05. The first-order chi connectivity index (χ1) is 19.8. The Balaban J connectivity index is 1.55. The number of nitrogens with zero attached hydrogens (tertiary/aromatic N) is 1. The maximum absolute atomic E-state index is 11.7. The van der Waals surface area contributed by atoms with E-state index in [1.54, 1.807) is 13.8 Å². The molecule has 0 heterocycles. The van der Waals surface area contributed by atoms with Crippen LogP contribution in [0.3, 0.4) is 0 Å². The van der Waals surface area contributed by atoms with E-state index < -0.39 is 0 Å². The Kier molecular flexibility index (Phi) is 9.89. The SMILES string of the molecule is C=C(C)C(=O)OCCc1ccc(N(c2ccc(CCOC(=O)C(=C)C)cc2)c2ccc(-c3ccccc3)cc2)cc1. The number of esters is 2. The molecule has 0 aromatic heterocycles. The van der Waals surface area contributed by atoms with E-state index in [1.165, 1.54) is 5.56 Å². The van der Waals surface area contributed by atoms with Gasteiger partial charge in [-0.2, -0.15) is 0 Å². The fraction of sp³-hybridized carbons (Fsp3) is 0.167. The molecule has 4 rings (SSSR count). The van der Waals surface area contributed by atoms with Gasteiger partial charge in [-0.05, 0) is 72.5 Å². The fourth-order valence-corrected chi connectivity index (χ4v) is 4.27. The van der Waals surface area contributed by atoms with Crippen LogP contribution in [0.4, 0.5) is 17.1 Å². The molecule has 0 bridgehead atoms. The zero-order valence-corrected chi connectivity index (χ0v) is 23.6. The predicted octanol–water partition coefficient (Wildman–Crippen LogP) is 8.15. The molecule has 4 aromatic carbocycles. The van der Waals surface area contributed by atoms with Crippen molar-refractivity contribution in [2.75, 3.05) is 18.1 Å². The average molecular weight is 546 g/mol. The van der Waals surface area contributed by atoms with Crippen LogP contribution in [0, 0.1) is 0 Å². The second kappa shape index (κ2) is 13.9. The van der Waals surface area contributed by atoms with Crippen molar-refractivity contribution in [3.8, 4) is 11.1 Å². The van der Waals surface area contributed by atoms with Crippen LogP contribution in [-0.4, -0.2) is 25.2 Å². The lowest BCUT2D eigenvalue weighted by Gasteiger charge is -2.26. The van der Waals surface area contributed by atoms with Crippen LogP contribution in [-0.2, 0) is 31.9 Å². The van der Waals surface area contributed by atoms with Gasteiger partial charge in [0.15, 0.2) is 0 Å². The number of ether oxygens (including phenoxy) is 2. The summed E-state index contributed by atoms with van der Waals surface area (Å²) in [4.78, 5) is 25.6. The van der Waals surface area contributed by atoms with E-state index in [9.17, 15) is 9.59 Å². The predicted molar refractivity (Wildman–Crippen MR) is 166 cm³/mol. The first-order valence-electron chi connectivity index (χ1n) is 13.6. The summed E-state index contributed by atoms with van der Waals surface area (Å²) >= 11 is 0. The Hall–Kier alpha value is -4.90. The molecule has 0 fully saturated rings. The maximum Gasteiger partial charge on any atom is 0.333 e. The van der Waals surface area contributed by atoms with Gasteiger partial charge in [0.1, 0.15) is 0 Å². The Morgan fingerprint density at radius 3 is 1.32 bits per heavy atom. The summed E-state index contributed by atoms with van der Waals surface area (Å²) in [7, 11) is 0. The normalized spacial score (nSPS) is 10.5. The summed E-state index contributed by atoms with van der Waals surface area (Å²) in [5.74, 6) is -0.742. The molecule has 0 aliphatic heterocycles. The fourth-order valence-electron chi connectivity index (χ4n) is 4.27. The topological polar surface area (TPSA) is 55.8 Å². The molecule has 0 N–H and O–H groups in total. The molecule has 5 heteroatoms. The Bertz CT molecular complexity index is 1410. The van der Waals surface area contributed by atoms with Crippen LogP contribution in [0.2, 0.25) is 0 Å². The average Bonchev–Trinajstić information content (AvgIpc) is 2.99. The van der Waals surface area contributed by atoms with Crippen molar-refractivity contribution < 1.29 is 19.1 Å². The molecule has 4 aromatic rings. The van der Waals surface area contributed by atoms with Crippen molar-refractivity contribution in [2.24, 2.45) is 0 Å². The van der Waals surface area contributed by atoms with Gasteiger partial charge in [-0.25, -0.2) is 9.59 Å². The van der Waals surface area contributed by atoms with Gasteiger partial charge in [0.05, 0.1) is 13.2 Å². The molecule has 0 aliphatic carbocycles. The lowest BCUT2D eigenvalue weighted by Crippen LogP contribution is -2.11. The first-order valence-corrected chi connectivity index (χ1v) is 13.6. The van der Waals surface area contributed by atoms with Crippen LogP contribution in [0.5, 0.6) is 0 Å². The number of hydrogen-bond donors (Lipinski definition) is 0. The van der Waals surface area contributed by atoms with E-state index in [0.717, 1.165) is 33.8 Å². The molecular weight excluding hydrogens is 510 g/mol. The monoisotopic (exact) mass is 545 g/mol. The van der Waals surface area contributed by atoms with Gasteiger partial charge >= 0.3 is 11.9 Å². The van der Waals surface area contributed by atoms with Crippen LogP contribution in [0.15, 0.2) is 127 Å². The Morgan fingerprint density at radius 2 is 0.927 bits per heavy atom. The third-order valence-corrected chi connectivity index (χ3v) is 6.57. The highest BCUT2D eigenvalue weighted by molar-refractivity contribution is 5.87. The van der Waals surface area contributed by atoms with E-state index in [4.69, 9.17) is 9.47 Å². The molecule has 0 saturated heterocycles. The smallest absolute Gasteiger partial charge is 0.333 e. The van der Waals surface area contributed by atoms with Gasteiger partial charge in [-0.15, -0.1) is 0 Å². The number of hydrogen-bond acceptors (Lipinski definition) is 5. The van der Waals surface area contributed by atoms with E-state index in [2.05, 4.69) is 103 Å². The number of benzene rings is 4. The summed E-state index contributed by atoms with van der Waals surface area (Å²) in [6.07, 6.45) is 1.24. The third-order valence-electron chi connectivity index (χ3n) is 6.57. The molecule has 0 radical (unpaired) electrons. The summed E-state index contributed by atoms with van der Waals surface area (Å²) in [6, 6.07) is 35.3. The maximum atomic E-state index is 11.7. The summed E-state index contributed by atoms with van der Waals surface area (Å²) in [6.45, 7) is 11.1. The van der Waals surface area contributed by atoms with Gasteiger partial charge in [0, 0.05) is 41.1 Å². The van der Waals surface area contributed by atoms with Crippen molar-refractivity contribution >= 4 is 29.0 Å². The molecule has 0 amide bonds. The van der Waals surface area contributed by atoms with Gasteiger partial charge < -0.3 is 14.4 Å². The van der Waals surface area contributed by atoms with E-state index >= 15 is 0 Å². The first kappa shape index (κ1) is 29.1. The van der Waals surface area contributed by atoms with E-state index in [0.29, 0.717) is 37.2 Å². The molecule has 0 atom stereocenters. The minimum Gasteiger partial charge on any atom is -0.462 e. The van der Waals surface area contributed by atoms with Crippen molar-refractivity contribution in [1.82, 2.24) is 0 Å². The molecular formula is C36H35NO4. The molecule has 41 heavy (non-hydrogen) atoms. The minimum atomic E-state index is -0.371. The second-order valence-electron chi connectivity index (χ2n) is 9.91. The van der Waals surface area contributed by atoms with E-state index in [1.807, 2.05) is 18.2 Å². The van der Waals surface area contributed by atoms with Crippen LogP contribution < -0.4 is 4.90 Å². The molecule has 0 aliphatic rings. The highest BCUT2D eigenvalue weighted by Gasteiger charge is 2.14. The lowest BCUT2D eigenvalue weighted by atomic mass is 10.0. The number of rotatable bonds is 12. The van der Waals surface area contributed by atoms with Crippen molar-refractivity contribution in [3.05, 3.63) is 139 Å². The Labute approximate surface area is 242 Å². The number of anilines is 3. The molecule has 0 unspecified atom stereocenters. The lowest BCUT2D eigenvalue weighted by molar-refractivity contribution is -0.139. The number of carbonyl (C=O) groups is 2. The summed E-state index contributed by atoms with van der Waals surface area (Å²) in [5, 5.41) is 0. The Morgan fingerprint density at radius 1 is 0.561 bits per heavy atom. The molecule has 208 valence electrons. The van der Waals surface area contributed by atoms with E-state index in [-0.39, 0.29) is 11.9 Å². The second-order valence-corrected chi connectivity index (χ2v) is 9.91. The van der Waals surface area contributed by atoms with Gasteiger partial charge in [-0.3, -0.25) is 0 Å². The zero-order valence-electron chi connectivity index (χ0n) is 23.6. The number of carbonyl (C=O) groups excluding carboxylic acids is 2. The largest absolute Gasteiger partial charge is 0.462 e. The van der Waals surface area contributed by atoms with Crippen molar-refractivity contribution in [1.29, 1.82) is 0 Å². The molecule has 0 saturated carbocycles. The summed E-state index contributed by atoms with van der Waals surface area (Å²) < 4.78 is 10.5. The molecule has 0 spiro atoms. The van der Waals surface area contributed by atoms with Crippen molar-refractivity contribution in [3.63, 3.8) is 0 Å². The highest BCUT2D eigenvalue weighted by atomic mass is 16.5. The van der Waals surface area contributed by atoms with Crippen molar-refractivity contribution in [2.45, 2.75) is 26.7 Å². The molecule has 5 nitrogen and oxygen atoms in total. The highest BCUT2D eigenvalue weighted by Crippen LogP contribution is 2.36. The quantitative estimate of drug-likeness (QED) is 0.133. The summed E-state index contributed by atoms with van der Waals surface area (Å²) in [5.41, 5.74) is 8.28. The van der Waals surface area contributed by atoms with Crippen LogP contribution in [0.1, 0.15) is 25.0 Å².